The van der Waals surface area contributed by atoms with Gasteiger partial charge >= 0.3 is 5.97 Å². The zero-order chi connectivity index (χ0) is 11.8. The molecule has 0 amide bonds. The molecule has 0 saturated carbocycles. The largest absolute Gasteiger partial charge is 0.368 e. The summed E-state index contributed by atoms with van der Waals surface area (Å²) >= 11 is 0. The molecule has 0 radical (unpaired) electrons. The molecule has 3 heteroatoms. The number of hydrogen-bond acceptors (Lipinski definition) is 3. The standard InChI is InChI=1S/C13H16O3/c1-11(2)13(14)16-15-10-6-9-12-7-4-3-5-8-12/h3-5,7-8H,1,6,9-10H2,2H3. The molecule has 0 aromatic heterocycles. The second kappa shape index (κ2) is 6.80. The van der Waals surface area contributed by atoms with Gasteiger partial charge in [-0.05, 0) is 25.3 Å². The highest BCUT2D eigenvalue weighted by molar-refractivity contribution is 5.86. The van der Waals surface area contributed by atoms with Crippen molar-refractivity contribution < 1.29 is 14.6 Å². The monoisotopic (exact) mass is 220 g/mol. The highest BCUT2D eigenvalue weighted by atomic mass is 17.2. The summed E-state index contributed by atoms with van der Waals surface area (Å²) in [4.78, 5) is 20.2. The molecule has 0 spiro atoms. The van der Waals surface area contributed by atoms with Crippen molar-refractivity contribution in [3.8, 4) is 0 Å². The van der Waals surface area contributed by atoms with E-state index in [0.29, 0.717) is 12.2 Å². The first-order chi connectivity index (χ1) is 7.70. The number of aryl methyl sites for hydroxylation is 1. The maximum absolute atomic E-state index is 10.9. The second-order valence-corrected chi connectivity index (χ2v) is 3.56. The number of hydrogen-bond donors (Lipinski definition) is 0. The third-order valence-corrected chi connectivity index (χ3v) is 2.02. The topological polar surface area (TPSA) is 35.5 Å². The average molecular weight is 220 g/mol. The molecule has 0 saturated heterocycles. The first-order valence-corrected chi connectivity index (χ1v) is 5.23. The second-order valence-electron chi connectivity index (χ2n) is 3.56. The van der Waals surface area contributed by atoms with Crippen molar-refractivity contribution in [3.05, 3.63) is 48.0 Å². The van der Waals surface area contributed by atoms with Crippen molar-refractivity contribution >= 4 is 5.97 Å². The van der Waals surface area contributed by atoms with E-state index < -0.39 is 5.97 Å². The van der Waals surface area contributed by atoms with Crippen LogP contribution in [0.5, 0.6) is 0 Å². The molecule has 1 aromatic carbocycles. The molecule has 0 aliphatic carbocycles. The van der Waals surface area contributed by atoms with Gasteiger partial charge in [-0.2, -0.15) is 4.89 Å². The molecule has 1 aromatic rings. The highest BCUT2D eigenvalue weighted by Gasteiger charge is 2.03. The minimum Gasteiger partial charge on any atom is -0.293 e. The Labute approximate surface area is 95.6 Å². The van der Waals surface area contributed by atoms with Crippen molar-refractivity contribution in [2.45, 2.75) is 19.8 Å². The lowest BCUT2D eigenvalue weighted by Gasteiger charge is -2.03. The minimum atomic E-state index is -0.514. The van der Waals surface area contributed by atoms with Crippen LogP contribution < -0.4 is 0 Å². The van der Waals surface area contributed by atoms with E-state index in [1.165, 1.54) is 5.56 Å². The number of benzene rings is 1. The van der Waals surface area contributed by atoms with Gasteiger partial charge in [0, 0.05) is 5.57 Å². The summed E-state index contributed by atoms with van der Waals surface area (Å²) < 4.78 is 0. The van der Waals surface area contributed by atoms with E-state index in [9.17, 15) is 4.79 Å². The van der Waals surface area contributed by atoms with Crippen molar-refractivity contribution in [3.63, 3.8) is 0 Å². The highest BCUT2D eigenvalue weighted by Crippen LogP contribution is 2.02. The fourth-order valence-electron chi connectivity index (χ4n) is 1.15. The first-order valence-electron chi connectivity index (χ1n) is 5.23. The Hall–Kier alpha value is -1.61. The third kappa shape index (κ3) is 4.75. The van der Waals surface area contributed by atoms with Gasteiger partial charge in [0.1, 0.15) is 0 Å². The molecule has 0 unspecified atom stereocenters. The van der Waals surface area contributed by atoms with Crippen LogP contribution in [0.25, 0.3) is 0 Å². The van der Waals surface area contributed by atoms with E-state index in [4.69, 9.17) is 4.89 Å². The van der Waals surface area contributed by atoms with Crippen LogP contribution in [0.15, 0.2) is 42.5 Å². The molecule has 0 atom stereocenters. The quantitative estimate of drug-likeness (QED) is 0.320. The van der Waals surface area contributed by atoms with Crippen LogP contribution in [0.3, 0.4) is 0 Å². The fraction of sp³-hybridized carbons (Fsp3) is 0.308. The molecule has 0 fully saturated rings. The lowest BCUT2D eigenvalue weighted by atomic mass is 10.1. The van der Waals surface area contributed by atoms with Crippen LogP contribution >= 0.6 is 0 Å². The Balaban J connectivity index is 2.09. The summed E-state index contributed by atoms with van der Waals surface area (Å²) in [6, 6.07) is 10.1. The van der Waals surface area contributed by atoms with Gasteiger partial charge in [0.05, 0.1) is 6.61 Å². The van der Waals surface area contributed by atoms with E-state index in [-0.39, 0.29) is 0 Å². The maximum Gasteiger partial charge on any atom is 0.368 e. The maximum atomic E-state index is 10.9. The van der Waals surface area contributed by atoms with Crippen LogP contribution in [0.1, 0.15) is 18.9 Å². The SMILES string of the molecule is C=C(C)C(=O)OOCCCc1ccccc1. The molecule has 0 aliphatic rings. The van der Waals surface area contributed by atoms with Gasteiger partial charge in [0.2, 0.25) is 0 Å². The minimum absolute atomic E-state index is 0.336. The van der Waals surface area contributed by atoms with Gasteiger partial charge in [-0.1, -0.05) is 36.9 Å². The van der Waals surface area contributed by atoms with Gasteiger partial charge in [-0.25, -0.2) is 4.79 Å². The molecule has 86 valence electrons. The fourth-order valence-corrected chi connectivity index (χ4v) is 1.15. The summed E-state index contributed by atoms with van der Waals surface area (Å²) in [7, 11) is 0. The molecule has 16 heavy (non-hydrogen) atoms. The Morgan fingerprint density at radius 3 is 2.62 bits per heavy atom. The summed E-state index contributed by atoms with van der Waals surface area (Å²) in [5.74, 6) is -0.514. The predicted molar refractivity (Wildman–Crippen MR) is 61.6 cm³/mol. The Bertz CT molecular complexity index is 343. The van der Waals surface area contributed by atoms with Crippen LogP contribution in [0.4, 0.5) is 0 Å². The Morgan fingerprint density at radius 1 is 1.31 bits per heavy atom. The number of carbonyl (C=O) groups is 1. The van der Waals surface area contributed by atoms with Gasteiger partial charge in [0.15, 0.2) is 0 Å². The van der Waals surface area contributed by atoms with E-state index in [0.717, 1.165) is 12.8 Å². The Morgan fingerprint density at radius 2 is 2.00 bits per heavy atom. The molecule has 1 rings (SSSR count). The first kappa shape index (κ1) is 12.5. The number of rotatable bonds is 6. The summed E-state index contributed by atoms with van der Waals surface area (Å²) in [5.41, 5.74) is 1.58. The lowest BCUT2D eigenvalue weighted by Crippen LogP contribution is -2.07. The van der Waals surface area contributed by atoms with Crippen LogP contribution in [0.2, 0.25) is 0 Å². The van der Waals surface area contributed by atoms with E-state index in [1.54, 1.807) is 6.92 Å². The van der Waals surface area contributed by atoms with Crippen LogP contribution in [-0.2, 0) is 21.0 Å². The number of carbonyl (C=O) groups excluding carboxylic acids is 1. The lowest BCUT2D eigenvalue weighted by molar-refractivity contribution is -0.268. The normalized spacial score (nSPS) is 9.81. The smallest absolute Gasteiger partial charge is 0.293 e. The molecular formula is C13H16O3. The van der Waals surface area contributed by atoms with Gasteiger partial charge < -0.3 is 0 Å². The van der Waals surface area contributed by atoms with Crippen molar-refractivity contribution in [2.24, 2.45) is 0 Å². The molecule has 3 nitrogen and oxygen atoms in total. The molecular weight excluding hydrogens is 204 g/mol. The average Bonchev–Trinajstić information content (AvgIpc) is 2.29. The molecule has 0 heterocycles. The molecule has 0 bridgehead atoms. The van der Waals surface area contributed by atoms with Crippen molar-refractivity contribution in [1.82, 2.24) is 0 Å². The van der Waals surface area contributed by atoms with E-state index >= 15 is 0 Å². The van der Waals surface area contributed by atoms with Crippen LogP contribution in [-0.4, -0.2) is 12.6 Å². The van der Waals surface area contributed by atoms with Gasteiger partial charge in [-0.3, -0.25) is 4.89 Å². The van der Waals surface area contributed by atoms with Crippen molar-refractivity contribution in [1.29, 1.82) is 0 Å². The van der Waals surface area contributed by atoms with Gasteiger partial charge in [0.25, 0.3) is 0 Å². The van der Waals surface area contributed by atoms with Gasteiger partial charge in [-0.15, -0.1) is 0 Å². The van der Waals surface area contributed by atoms with E-state index in [1.807, 2.05) is 18.2 Å². The van der Waals surface area contributed by atoms with E-state index in [2.05, 4.69) is 23.6 Å². The summed E-state index contributed by atoms with van der Waals surface area (Å²) in [5, 5.41) is 0. The molecule has 0 aliphatic heterocycles. The Kier molecular flexibility index (Phi) is 5.29. The zero-order valence-corrected chi connectivity index (χ0v) is 9.44. The van der Waals surface area contributed by atoms with Crippen LogP contribution in [0, 0.1) is 0 Å². The van der Waals surface area contributed by atoms with Crippen molar-refractivity contribution in [2.75, 3.05) is 6.61 Å². The summed E-state index contributed by atoms with van der Waals surface area (Å²) in [6.07, 6.45) is 1.72. The third-order valence-electron chi connectivity index (χ3n) is 2.02. The predicted octanol–water partition coefficient (Wildman–Crippen LogP) is 2.67. The summed E-state index contributed by atoms with van der Waals surface area (Å²) in [6.45, 7) is 5.42. The molecule has 0 N–H and O–H groups in total. The zero-order valence-electron chi connectivity index (χ0n) is 9.44.